The molecule has 0 N–H and O–H groups in total. The first-order chi connectivity index (χ1) is 11.7. The highest BCUT2D eigenvalue weighted by Gasteiger charge is 2.08. The number of aromatic nitrogens is 1. The first-order valence-corrected chi connectivity index (χ1v) is 7.42. The SMILES string of the molecule is Cc1cc(OC(=O)c2ccccc2)ccc1N=Nc1ccncc1. The largest absolute Gasteiger partial charge is 0.423 e. The van der Waals surface area contributed by atoms with Crippen molar-refractivity contribution in [1.82, 2.24) is 4.98 Å². The molecular weight excluding hydrogens is 302 g/mol. The minimum atomic E-state index is -0.388. The van der Waals surface area contributed by atoms with Crippen LogP contribution < -0.4 is 4.74 Å². The molecule has 0 fully saturated rings. The second-order valence-electron chi connectivity index (χ2n) is 5.11. The van der Waals surface area contributed by atoms with Crippen LogP contribution in [0.1, 0.15) is 15.9 Å². The number of esters is 1. The van der Waals surface area contributed by atoms with Gasteiger partial charge in [-0.25, -0.2) is 4.79 Å². The zero-order chi connectivity index (χ0) is 16.8. The van der Waals surface area contributed by atoms with Crippen LogP contribution in [0.15, 0.2) is 83.3 Å². The van der Waals surface area contributed by atoms with Gasteiger partial charge in [-0.3, -0.25) is 4.98 Å². The Labute approximate surface area is 139 Å². The van der Waals surface area contributed by atoms with Gasteiger partial charge in [0.2, 0.25) is 0 Å². The molecule has 0 unspecified atom stereocenters. The van der Waals surface area contributed by atoms with Gasteiger partial charge in [-0.15, -0.1) is 0 Å². The third-order valence-corrected chi connectivity index (χ3v) is 3.32. The number of benzene rings is 2. The van der Waals surface area contributed by atoms with Crippen LogP contribution in [0.25, 0.3) is 0 Å². The van der Waals surface area contributed by atoms with Gasteiger partial charge in [0.1, 0.15) is 5.75 Å². The summed E-state index contributed by atoms with van der Waals surface area (Å²) < 4.78 is 5.38. The van der Waals surface area contributed by atoms with E-state index in [0.717, 1.165) is 11.3 Å². The summed E-state index contributed by atoms with van der Waals surface area (Å²) in [5.41, 5.74) is 2.82. The molecule has 118 valence electrons. The van der Waals surface area contributed by atoms with Gasteiger partial charge in [-0.05, 0) is 55.0 Å². The van der Waals surface area contributed by atoms with E-state index in [0.29, 0.717) is 17.0 Å². The van der Waals surface area contributed by atoms with Crippen molar-refractivity contribution in [1.29, 1.82) is 0 Å². The maximum absolute atomic E-state index is 12.1. The van der Waals surface area contributed by atoms with Crippen molar-refractivity contribution in [3.05, 3.63) is 84.2 Å². The van der Waals surface area contributed by atoms with E-state index < -0.39 is 0 Å². The standard InChI is InChI=1S/C19H15N3O2/c1-14-13-17(24-19(23)15-5-3-2-4-6-15)7-8-18(14)22-21-16-9-11-20-12-10-16/h2-13H,1H3. The van der Waals surface area contributed by atoms with Crippen molar-refractivity contribution in [2.45, 2.75) is 6.92 Å². The van der Waals surface area contributed by atoms with Gasteiger partial charge in [0.15, 0.2) is 0 Å². The smallest absolute Gasteiger partial charge is 0.343 e. The van der Waals surface area contributed by atoms with Crippen LogP contribution in [0.5, 0.6) is 5.75 Å². The fourth-order valence-electron chi connectivity index (χ4n) is 2.07. The van der Waals surface area contributed by atoms with Gasteiger partial charge >= 0.3 is 5.97 Å². The zero-order valence-corrected chi connectivity index (χ0v) is 13.1. The Hall–Kier alpha value is -3.34. The summed E-state index contributed by atoms with van der Waals surface area (Å²) in [6.07, 6.45) is 3.32. The number of aryl methyl sites for hydroxylation is 1. The monoisotopic (exact) mass is 317 g/mol. The molecule has 0 bridgehead atoms. The predicted octanol–water partition coefficient (Wildman–Crippen LogP) is 5.02. The third kappa shape index (κ3) is 3.89. The fourth-order valence-corrected chi connectivity index (χ4v) is 2.07. The molecule has 0 spiro atoms. The van der Waals surface area contributed by atoms with E-state index in [2.05, 4.69) is 15.2 Å². The van der Waals surface area contributed by atoms with Gasteiger partial charge in [0, 0.05) is 12.4 Å². The zero-order valence-electron chi connectivity index (χ0n) is 13.1. The number of carbonyl (C=O) groups excluding carboxylic acids is 1. The summed E-state index contributed by atoms with van der Waals surface area (Å²) >= 11 is 0. The Morgan fingerprint density at radius 1 is 0.958 bits per heavy atom. The molecule has 0 aliphatic heterocycles. The van der Waals surface area contributed by atoms with E-state index in [-0.39, 0.29) is 5.97 Å². The molecule has 3 aromatic rings. The molecule has 0 saturated heterocycles. The van der Waals surface area contributed by atoms with Gasteiger partial charge in [-0.2, -0.15) is 10.2 Å². The highest BCUT2D eigenvalue weighted by Crippen LogP contribution is 2.26. The predicted molar refractivity (Wildman–Crippen MR) is 91.0 cm³/mol. The summed E-state index contributed by atoms with van der Waals surface area (Å²) in [6, 6.07) is 17.7. The molecular formula is C19H15N3O2. The lowest BCUT2D eigenvalue weighted by Gasteiger charge is -2.06. The van der Waals surface area contributed by atoms with Gasteiger partial charge in [0.05, 0.1) is 16.9 Å². The van der Waals surface area contributed by atoms with E-state index in [4.69, 9.17) is 4.74 Å². The number of azo groups is 1. The molecule has 2 aromatic carbocycles. The molecule has 0 atom stereocenters. The minimum absolute atomic E-state index is 0.388. The van der Waals surface area contributed by atoms with Crippen molar-refractivity contribution in [3.63, 3.8) is 0 Å². The molecule has 3 rings (SSSR count). The second kappa shape index (κ2) is 7.28. The second-order valence-corrected chi connectivity index (χ2v) is 5.11. The highest BCUT2D eigenvalue weighted by molar-refractivity contribution is 5.91. The molecule has 0 amide bonds. The van der Waals surface area contributed by atoms with Gasteiger partial charge in [0.25, 0.3) is 0 Å². The summed E-state index contributed by atoms with van der Waals surface area (Å²) in [4.78, 5) is 16.0. The number of ether oxygens (including phenoxy) is 1. The van der Waals surface area contributed by atoms with Gasteiger partial charge in [-0.1, -0.05) is 18.2 Å². The van der Waals surface area contributed by atoms with E-state index >= 15 is 0 Å². The van der Waals surface area contributed by atoms with Crippen molar-refractivity contribution >= 4 is 17.3 Å². The Morgan fingerprint density at radius 3 is 2.42 bits per heavy atom. The fraction of sp³-hybridized carbons (Fsp3) is 0.0526. The molecule has 0 aliphatic carbocycles. The van der Waals surface area contributed by atoms with E-state index in [9.17, 15) is 4.79 Å². The maximum Gasteiger partial charge on any atom is 0.343 e. The average Bonchev–Trinajstić information content (AvgIpc) is 2.62. The molecule has 1 heterocycles. The average molecular weight is 317 g/mol. The Bertz CT molecular complexity index is 862. The maximum atomic E-state index is 12.1. The van der Waals surface area contributed by atoms with E-state index in [1.165, 1.54) is 0 Å². The molecule has 0 aliphatic rings. The molecule has 1 aromatic heterocycles. The molecule has 5 heteroatoms. The summed E-state index contributed by atoms with van der Waals surface area (Å²) in [5.74, 6) is 0.0883. The molecule has 0 saturated carbocycles. The molecule has 5 nitrogen and oxygen atoms in total. The number of hydrogen-bond donors (Lipinski definition) is 0. The highest BCUT2D eigenvalue weighted by atomic mass is 16.5. The topological polar surface area (TPSA) is 63.9 Å². The Morgan fingerprint density at radius 2 is 1.71 bits per heavy atom. The van der Waals surface area contributed by atoms with Crippen molar-refractivity contribution in [2.24, 2.45) is 10.2 Å². The molecule has 0 radical (unpaired) electrons. The number of carbonyl (C=O) groups is 1. The first-order valence-electron chi connectivity index (χ1n) is 7.42. The van der Waals surface area contributed by atoms with Crippen molar-refractivity contribution in [2.75, 3.05) is 0 Å². The first kappa shape index (κ1) is 15.6. The third-order valence-electron chi connectivity index (χ3n) is 3.32. The number of rotatable bonds is 4. The summed E-state index contributed by atoms with van der Waals surface area (Å²) in [6.45, 7) is 1.89. The summed E-state index contributed by atoms with van der Waals surface area (Å²) in [7, 11) is 0. The van der Waals surface area contributed by atoms with Crippen LogP contribution in [0, 0.1) is 6.92 Å². The normalized spacial score (nSPS) is 10.7. The number of hydrogen-bond acceptors (Lipinski definition) is 5. The lowest BCUT2D eigenvalue weighted by Crippen LogP contribution is -2.08. The summed E-state index contributed by atoms with van der Waals surface area (Å²) in [5, 5.41) is 8.36. The molecule has 24 heavy (non-hydrogen) atoms. The van der Waals surface area contributed by atoms with Crippen LogP contribution >= 0.6 is 0 Å². The Balaban J connectivity index is 1.73. The number of nitrogens with zero attached hydrogens (tertiary/aromatic N) is 3. The van der Waals surface area contributed by atoms with Crippen LogP contribution in [-0.4, -0.2) is 11.0 Å². The lowest BCUT2D eigenvalue weighted by atomic mass is 10.2. The minimum Gasteiger partial charge on any atom is -0.423 e. The van der Waals surface area contributed by atoms with Gasteiger partial charge < -0.3 is 4.74 Å². The van der Waals surface area contributed by atoms with Crippen LogP contribution in [0.4, 0.5) is 11.4 Å². The lowest BCUT2D eigenvalue weighted by molar-refractivity contribution is 0.0734. The van der Waals surface area contributed by atoms with Crippen molar-refractivity contribution < 1.29 is 9.53 Å². The van der Waals surface area contributed by atoms with E-state index in [1.807, 2.05) is 13.0 Å². The quantitative estimate of drug-likeness (QED) is 0.385. The van der Waals surface area contributed by atoms with Crippen LogP contribution in [0.2, 0.25) is 0 Å². The van der Waals surface area contributed by atoms with E-state index in [1.54, 1.807) is 67.0 Å². The number of pyridine rings is 1. The Kier molecular flexibility index (Phi) is 4.72. The van der Waals surface area contributed by atoms with Crippen molar-refractivity contribution in [3.8, 4) is 5.75 Å². The van der Waals surface area contributed by atoms with Crippen LogP contribution in [0.3, 0.4) is 0 Å². The van der Waals surface area contributed by atoms with Crippen LogP contribution in [-0.2, 0) is 0 Å².